The molecule has 0 amide bonds. The monoisotopic (exact) mass is 283 g/mol. The van der Waals surface area contributed by atoms with Crippen LogP contribution in [-0.4, -0.2) is 26.2 Å². The number of nitrogens with one attached hydrogen (secondary N) is 1. The van der Waals surface area contributed by atoms with Crippen LogP contribution >= 0.6 is 0 Å². The molecule has 1 N–H and O–H groups in total. The fraction of sp³-hybridized carbons (Fsp3) is 0.267. The lowest BCUT2D eigenvalue weighted by Crippen LogP contribution is -2.13. The van der Waals surface area contributed by atoms with Gasteiger partial charge in [0.05, 0.1) is 19.3 Å². The van der Waals surface area contributed by atoms with E-state index < -0.39 is 0 Å². The van der Waals surface area contributed by atoms with Gasteiger partial charge in [0.15, 0.2) is 5.65 Å². The van der Waals surface area contributed by atoms with Gasteiger partial charge < -0.3 is 10.2 Å². The SMILES string of the molecule is CCCOc1ccc(CNn2cnc3ncncc32)cc1. The van der Waals surface area contributed by atoms with Crippen LogP contribution in [0.3, 0.4) is 0 Å². The fourth-order valence-electron chi connectivity index (χ4n) is 1.99. The number of ether oxygens (including phenoxy) is 1. The summed E-state index contributed by atoms with van der Waals surface area (Å²) in [6, 6.07) is 8.07. The smallest absolute Gasteiger partial charge is 0.182 e. The molecule has 0 saturated carbocycles. The molecule has 3 rings (SSSR count). The second kappa shape index (κ2) is 6.21. The molecule has 0 aliphatic heterocycles. The normalized spacial score (nSPS) is 10.7. The molecular weight excluding hydrogens is 266 g/mol. The first-order valence-corrected chi connectivity index (χ1v) is 6.95. The van der Waals surface area contributed by atoms with Gasteiger partial charge in [-0.3, -0.25) is 0 Å². The van der Waals surface area contributed by atoms with Crippen molar-refractivity contribution in [3.63, 3.8) is 0 Å². The van der Waals surface area contributed by atoms with E-state index in [0.717, 1.165) is 29.9 Å². The molecule has 0 aliphatic carbocycles. The molecule has 108 valence electrons. The van der Waals surface area contributed by atoms with Crippen molar-refractivity contribution >= 4 is 11.2 Å². The molecular formula is C15H17N5O. The first-order valence-electron chi connectivity index (χ1n) is 6.95. The lowest BCUT2D eigenvalue weighted by Gasteiger charge is -2.09. The van der Waals surface area contributed by atoms with Crippen LogP contribution in [0.25, 0.3) is 11.2 Å². The van der Waals surface area contributed by atoms with E-state index in [2.05, 4.69) is 27.3 Å². The van der Waals surface area contributed by atoms with Gasteiger partial charge in [0, 0.05) is 0 Å². The highest BCUT2D eigenvalue weighted by Crippen LogP contribution is 2.13. The minimum atomic E-state index is 0.681. The molecule has 1 aromatic carbocycles. The molecule has 6 nitrogen and oxygen atoms in total. The van der Waals surface area contributed by atoms with Gasteiger partial charge in [-0.15, -0.1) is 0 Å². The maximum atomic E-state index is 5.57. The van der Waals surface area contributed by atoms with Gasteiger partial charge in [0.25, 0.3) is 0 Å². The Morgan fingerprint density at radius 1 is 1.19 bits per heavy atom. The number of hydrogen-bond donors (Lipinski definition) is 1. The van der Waals surface area contributed by atoms with E-state index in [9.17, 15) is 0 Å². The molecule has 0 radical (unpaired) electrons. The van der Waals surface area contributed by atoms with Crippen molar-refractivity contribution in [3.8, 4) is 5.75 Å². The first-order chi connectivity index (χ1) is 10.4. The van der Waals surface area contributed by atoms with Crippen molar-refractivity contribution in [1.82, 2.24) is 19.6 Å². The van der Waals surface area contributed by atoms with Crippen LogP contribution in [0.1, 0.15) is 18.9 Å². The van der Waals surface area contributed by atoms with Gasteiger partial charge in [-0.25, -0.2) is 19.6 Å². The predicted molar refractivity (Wildman–Crippen MR) is 80.6 cm³/mol. The van der Waals surface area contributed by atoms with Crippen LogP contribution in [0.15, 0.2) is 43.1 Å². The first kappa shape index (κ1) is 13.4. The molecule has 0 unspecified atom stereocenters. The van der Waals surface area contributed by atoms with Crippen LogP contribution in [-0.2, 0) is 6.54 Å². The number of imidazole rings is 1. The summed E-state index contributed by atoms with van der Waals surface area (Å²) in [5.41, 5.74) is 5.99. The topological polar surface area (TPSA) is 64.9 Å². The highest BCUT2D eigenvalue weighted by atomic mass is 16.5. The summed E-state index contributed by atoms with van der Waals surface area (Å²) >= 11 is 0. The van der Waals surface area contributed by atoms with E-state index in [1.165, 1.54) is 6.33 Å². The molecule has 0 fully saturated rings. The van der Waals surface area contributed by atoms with E-state index in [-0.39, 0.29) is 0 Å². The molecule has 0 saturated heterocycles. The fourth-order valence-corrected chi connectivity index (χ4v) is 1.99. The van der Waals surface area contributed by atoms with Crippen molar-refractivity contribution in [2.45, 2.75) is 19.9 Å². The Hall–Kier alpha value is -2.63. The zero-order chi connectivity index (χ0) is 14.5. The summed E-state index contributed by atoms with van der Waals surface area (Å²) in [6.07, 6.45) is 5.95. The van der Waals surface area contributed by atoms with Crippen molar-refractivity contribution in [3.05, 3.63) is 48.7 Å². The maximum absolute atomic E-state index is 5.57. The molecule has 2 heterocycles. The van der Waals surface area contributed by atoms with Gasteiger partial charge in [-0.2, -0.15) is 0 Å². The van der Waals surface area contributed by atoms with Crippen molar-refractivity contribution in [2.24, 2.45) is 0 Å². The largest absolute Gasteiger partial charge is 0.494 e. The number of benzene rings is 1. The molecule has 6 heteroatoms. The van der Waals surface area contributed by atoms with E-state index in [0.29, 0.717) is 12.2 Å². The molecule has 2 aromatic heterocycles. The lowest BCUT2D eigenvalue weighted by molar-refractivity contribution is 0.317. The summed E-state index contributed by atoms with van der Waals surface area (Å²) < 4.78 is 7.40. The quantitative estimate of drug-likeness (QED) is 0.752. The zero-order valence-electron chi connectivity index (χ0n) is 11.9. The standard InChI is InChI=1S/C15H17N5O/c1-2-7-21-13-5-3-12(4-6-13)8-19-20-11-18-15-14(20)9-16-10-17-15/h3-6,9-11,19H,2,7-8H2,1H3. The van der Waals surface area contributed by atoms with Crippen LogP contribution in [0, 0.1) is 0 Å². The van der Waals surface area contributed by atoms with Crippen molar-refractivity contribution in [2.75, 3.05) is 12.0 Å². The third kappa shape index (κ3) is 3.10. The van der Waals surface area contributed by atoms with E-state index in [1.807, 2.05) is 28.9 Å². The molecule has 0 bridgehead atoms. The molecule has 21 heavy (non-hydrogen) atoms. The van der Waals surface area contributed by atoms with E-state index in [4.69, 9.17) is 4.74 Å². The summed E-state index contributed by atoms with van der Waals surface area (Å²) in [5.74, 6) is 0.905. The third-order valence-electron chi connectivity index (χ3n) is 3.08. The Labute approximate surface area is 122 Å². The highest BCUT2D eigenvalue weighted by molar-refractivity contribution is 5.69. The summed E-state index contributed by atoms with van der Waals surface area (Å²) in [4.78, 5) is 12.3. The van der Waals surface area contributed by atoms with Gasteiger partial charge in [-0.1, -0.05) is 19.1 Å². The second-order valence-electron chi connectivity index (χ2n) is 4.67. The Morgan fingerprint density at radius 2 is 2.05 bits per heavy atom. The Bertz CT molecular complexity index is 707. The molecule has 0 spiro atoms. The summed E-state index contributed by atoms with van der Waals surface area (Å²) in [7, 11) is 0. The number of rotatable bonds is 6. The molecule has 0 atom stereocenters. The number of fused-ring (bicyclic) bond motifs is 1. The number of hydrogen-bond acceptors (Lipinski definition) is 5. The Morgan fingerprint density at radius 3 is 2.86 bits per heavy atom. The maximum Gasteiger partial charge on any atom is 0.182 e. The third-order valence-corrected chi connectivity index (χ3v) is 3.08. The van der Waals surface area contributed by atoms with Crippen LogP contribution in [0.4, 0.5) is 0 Å². The lowest BCUT2D eigenvalue weighted by atomic mass is 10.2. The molecule has 3 aromatic rings. The van der Waals surface area contributed by atoms with E-state index >= 15 is 0 Å². The van der Waals surface area contributed by atoms with Gasteiger partial charge >= 0.3 is 0 Å². The van der Waals surface area contributed by atoms with Crippen molar-refractivity contribution in [1.29, 1.82) is 0 Å². The zero-order valence-corrected chi connectivity index (χ0v) is 11.9. The average Bonchev–Trinajstić information content (AvgIpc) is 2.95. The highest BCUT2D eigenvalue weighted by Gasteiger charge is 2.02. The Kier molecular flexibility index (Phi) is 3.95. The molecule has 0 aliphatic rings. The summed E-state index contributed by atoms with van der Waals surface area (Å²) in [6.45, 7) is 3.53. The average molecular weight is 283 g/mol. The number of nitrogens with zero attached hydrogens (tertiary/aromatic N) is 4. The van der Waals surface area contributed by atoms with Crippen LogP contribution in [0.2, 0.25) is 0 Å². The predicted octanol–water partition coefficient (Wildman–Crippen LogP) is 2.36. The summed E-state index contributed by atoms with van der Waals surface area (Å²) in [5, 5.41) is 0. The van der Waals surface area contributed by atoms with Gasteiger partial charge in [0.2, 0.25) is 0 Å². The Balaban J connectivity index is 1.64. The minimum absolute atomic E-state index is 0.681. The second-order valence-corrected chi connectivity index (χ2v) is 4.67. The van der Waals surface area contributed by atoms with Crippen LogP contribution in [0.5, 0.6) is 5.75 Å². The van der Waals surface area contributed by atoms with Crippen molar-refractivity contribution < 1.29 is 4.74 Å². The van der Waals surface area contributed by atoms with E-state index in [1.54, 1.807) is 12.5 Å². The van der Waals surface area contributed by atoms with Crippen LogP contribution < -0.4 is 10.2 Å². The van der Waals surface area contributed by atoms with Gasteiger partial charge in [0.1, 0.15) is 23.9 Å². The minimum Gasteiger partial charge on any atom is -0.494 e. The van der Waals surface area contributed by atoms with Gasteiger partial charge in [-0.05, 0) is 24.1 Å². The number of aromatic nitrogens is 4.